The molecule has 4 nitrogen and oxygen atoms in total. The molecule has 1 saturated heterocycles. The zero-order valence-electron chi connectivity index (χ0n) is 16.3. The van der Waals surface area contributed by atoms with E-state index < -0.39 is 0 Å². The first-order valence-corrected chi connectivity index (χ1v) is 9.94. The molecule has 2 N–H and O–H groups in total. The number of benzene rings is 2. The maximum absolute atomic E-state index is 10.5. The van der Waals surface area contributed by atoms with Crippen molar-refractivity contribution in [2.24, 2.45) is 0 Å². The predicted molar refractivity (Wildman–Crippen MR) is 108 cm³/mol. The highest BCUT2D eigenvalue weighted by molar-refractivity contribution is 5.41. The van der Waals surface area contributed by atoms with E-state index in [4.69, 9.17) is 4.74 Å². The fraction of sp³-hybridized carbons (Fsp3) is 0.478. The molecule has 0 aliphatic carbocycles. The number of hydrogen-bond donors (Lipinski definition) is 2. The normalized spacial score (nSPS) is 21.7. The van der Waals surface area contributed by atoms with E-state index in [0.717, 1.165) is 37.8 Å². The summed E-state index contributed by atoms with van der Waals surface area (Å²) in [5.41, 5.74) is 2.21. The summed E-state index contributed by atoms with van der Waals surface area (Å²) < 4.78 is 6.00. The zero-order chi connectivity index (χ0) is 19.2. The van der Waals surface area contributed by atoms with Crippen LogP contribution in [0, 0.1) is 0 Å². The average molecular weight is 370 g/mol. The third-order valence-electron chi connectivity index (χ3n) is 5.46. The number of aliphatic hydroxyl groups excluding tert-OH is 1. The van der Waals surface area contributed by atoms with E-state index in [1.165, 1.54) is 5.56 Å². The summed E-state index contributed by atoms with van der Waals surface area (Å²) in [7, 11) is 2.04. The van der Waals surface area contributed by atoms with Crippen LogP contribution in [0.5, 0.6) is 11.5 Å². The average Bonchev–Trinajstić information content (AvgIpc) is 2.65. The number of aromatic hydroxyl groups is 1. The van der Waals surface area contributed by atoms with Crippen LogP contribution in [0.2, 0.25) is 0 Å². The van der Waals surface area contributed by atoms with Gasteiger partial charge in [0.15, 0.2) is 0 Å². The van der Waals surface area contributed by atoms with E-state index in [-0.39, 0.29) is 24.0 Å². The topological polar surface area (TPSA) is 52.9 Å². The van der Waals surface area contributed by atoms with E-state index in [0.29, 0.717) is 12.2 Å². The smallest absolute Gasteiger partial charge is 0.124 e. The number of hydrogen-bond acceptors (Lipinski definition) is 4. The second-order valence-electron chi connectivity index (χ2n) is 7.70. The lowest BCUT2D eigenvalue weighted by Gasteiger charge is -2.35. The van der Waals surface area contributed by atoms with Gasteiger partial charge in [-0.3, -0.25) is 4.90 Å². The Morgan fingerprint density at radius 1 is 1.19 bits per heavy atom. The number of rotatable bonds is 7. The molecule has 1 aliphatic rings. The number of likely N-dealkylation sites (tertiary alicyclic amines) is 1. The molecule has 3 atom stereocenters. The third kappa shape index (κ3) is 5.47. The minimum absolute atomic E-state index is 0.0473. The highest BCUT2D eigenvalue weighted by atomic mass is 16.5. The minimum atomic E-state index is -0.300. The van der Waals surface area contributed by atoms with Gasteiger partial charge in [-0.1, -0.05) is 36.4 Å². The number of aliphatic hydroxyl groups is 1. The van der Waals surface area contributed by atoms with E-state index in [1.807, 2.05) is 25.2 Å². The number of phenols is 1. The molecule has 0 spiro atoms. The molecule has 1 heterocycles. The second kappa shape index (κ2) is 9.25. The minimum Gasteiger partial charge on any atom is -0.507 e. The quantitative estimate of drug-likeness (QED) is 0.764. The Balaban J connectivity index is 1.54. The first-order chi connectivity index (χ1) is 13.0. The number of nitrogens with zero attached hydrogens (tertiary/aromatic N) is 1. The fourth-order valence-electron chi connectivity index (χ4n) is 3.84. The van der Waals surface area contributed by atoms with Gasteiger partial charge in [0.1, 0.15) is 11.5 Å². The number of ether oxygens (including phenoxy) is 1. The standard InChI is InChI=1S/C23H31NO3/c1-17(7-6-10-18-8-4-3-5-9-18)27-20-11-12-21(23(26)16-20)22-15-19(25)13-14-24(22)2/h3-5,8-9,11-12,16-17,19,22,25-26H,6-7,10,13-15H2,1-2H3/t17?,19-,22+/m0/s1. The molecule has 0 bridgehead atoms. The van der Waals surface area contributed by atoms with Gasteiger partial charge in [0, 0.05) is 24.2 Å². The molecule has 1 aliphatic heterocycles. The summed E-state index contributed by atoms with van der Waals surface area (Å²) in [6, 6.07) is 16.1. The zero-order valence-corrected chi connectivity index (χ0v) is 16.3. The molecule has 0 radical (unpaired) electrons. The molecule has 3 rings (SSSR count). The van der Waals surface area contributed by atoms with E-state index >= 15 is 0 Å². The fourth-order valence-corrected chi connectivity index (χ4v) is 3.84. The first kappa shape index (κ1) is 19.7. The largest absolute Gasteiger partial charge is 0.507 e. The van der Waals surface area contributed by atoms with Crippen molar-refractivity contribution in [3.8, 4) is 11.5 Å². The molecular formula is C23H31NO3. The van der Waals surface area contributed by atoms with Crippen molar-refractivity contribution in [3.63, 3.8) is 0 Å². The summed E-state index contributed by atoms with van der Waals surface area (Å²) in [5, 5.41) is 20.5. The van der Waals surface area contributed by atoms with Crippen LogP contribution in [-0.4, -0.2) is 40.9 Å². The number of aryl methyl sites for hydroxylation is 1. The highest BCUT2D eigenvalue weighted by Gasteiger charge is 2.28. The van der Waals surface area contributed by atoms with Gasteiger partial charge in [-0.25, -0.2) is 0 Å². The maximum Gasteiger partial charge on any atom is 0.124 e. The Bertz CT molecular complexity index is 719. The van der Waals surface area contributed by atoms with Crippen molar-refractivity contribution in [1.29, 1.82) is 0 Å². The van der Waals surface area contributed by atoms with Crippen LogP contribution in [0.25, 0.3) is 0 Å². The molecule has 4 heteroatoms. The lowest BCUT2D eigenvalue weighted by atomic mass is 9.93. The van der Waals surface area contributed by atoms with Crippen molar-refractivity contribution in [1.82, 2.24) is 4.90 Å². The molecule has 2 aromatic rings. The summed E-state index contributed by atoms with van der Waals surface area (Å²) in [5.74, 6) is 0.942. The van der Waals surface area contributed by atoms with E-state index in [9.17, 15) is 10.2 Å². The molecule has 0 aromatic heterocycles. The Kier molecular flexibility index (Phi) is 6.75. The van der Waals surface area contributed by atoms with Gasteiger partial charge in [-0.2, -0.15) is 0 Å². The van der Waals surface area contributed by atoms with Crippen LogP contribution in [-0.2, 0) is 6.42 Å². The molecular weight excluding hydrogens is 338 g/mol. The molecule has 0 amide bonds. The highest BCUT2D eigenvalue weighted by Crippen LogP contribution is 2.36. The Labute approximate surface area is 162 Å². The summed E-state index contributed by atoms with van der Waals surface area (Å²) >= 11 is 0. The first-order valence-electron chi connectivity index (χ1n) is 9.94. The summed E-state index contributed by atoms with van der Waals surface area (Å²) in [6.07, 6.45) is 4.32. The van der Waals surface area contributed by atoms with Gasteiger partial charge < -0.3 is 14.9 Å². The SMILES string of the molecule is CC(CCCc1ccccc1)Oc1ccc([C@H]2C[C@@H](O)CCN2C)c(O)c1. The Morgan fingerprint density at radius 3 is 2.70 bits per heavy atom. The van der Waals surface area contributed by atoms with Crippen molar-refractivity contribution in [2.45, 2.75) is 57.3 Å². The molecule has 146 valence electrons. The van der Waals surface area contributed by atoms with Gasteiger partial charge in [-0.05, 0) is 57.7 Å². The van der Waals surface area contributed by atoms with Crippen LogP contribution >= 0.6 is 0 Å². The van der Waals surface area contributed by atoms with Gasteiger partial charge in [0.25, 0.3) is 0 Å². The Morgan fingerprint density at radius 2 is 1.96 bits per heavy atom. The molecule has 0 saturated carbocycles. The molecule has 27 heavy (non-hydrogen) atoms. The maximum atomic E-state index is 10.5. The van der Waals surface area contributed by atoms with Crippen LogP contribution < -0.4 is 4.74 Å². The molecule has 2 aromatic carbocycles. The van der Waals surface area contributed by atoms with Gasteiger partial charge in [0.2, 0.25) is 0 Å². The van der Waals surface area contributed by atoms with Crippen molar-refractivity contribution >= 4 is 0 Å². The summed E-state index contributed by atoms with van der Waals surface area (Å²) in [4.78, 5) is 2.19. The Hall–Kier alpha value is -2.04. The molecule has 1 fully saturated rings. The predicted octanol–water partition coefficient (Wildman–Crippen LogP) is 4.31. The number of piperidine rings is 1. The lowest BCUT2D eigenvalue weighted by Crippen LogP contribution is -2.36. The van der Waals surface area contributed by atoms with Gasteiger partial charge >= 0.3 is 0 Å². The molecule has 1 unspecified atom stereocenters. The van der Waals surface area contributed by atoms with Crippen LogP contribution in [0.3, 0.4) is 0 Å². The monoisotopic (exact) mass is 369 g/mol. The van der Waals surface area contributed by atoms with Crippen molar-refractivity contribution in [3.05, 3.63) is 59.7 Å². The van der Waals surface area contributed by atoms with Gasteiger partial charge in [0.05, 0.1) is 12.2 Å². The van der Waals surface area contributed by atoms with Crippen LogP contribution in [0.1, 0.15) is 49.8 Å². The van der Waals surface area contributed by atoms with Crippen LogP contribution in [0.15, 0.2) is 48.5 Å². The third-order valence-corrected chi connectivity index (χ3v) is 5.46. The number of phenolic OH excluding ortho intramolecular Hbond substituents is 1. The summed E-state index contributed by atoms with van der Waals surface area (Å²) in [6.45, 7) is 2.91. The second-order valence-corrected chi connectivity index (χ2v) is 7.70. The van der Waals surface area contributed by atoms with E-state index in [2.05, 4.69) is 36.1 Å². The lowest BCUT2D eigenvalue weighted by molar-refractivity contribution is 0.0543. The van der Waals surface area contributed by atoms with Gasteiger partial charge in [-0.15, -0.1) is 0 Å². The van der Waals surface area contributed by atoms with E-state index in [1.54, 1.807) is 6.07 Å². The van der Waals surface area contributed by atoms with Crippen molar-refractivity contribution in [2.75, 3.05) is 13.6 Å². The van der Waals surface area contributed by atoms with Crippen molar-refractivity contribution < 1.29 is 14.9 Å². The van der Waals surface area contributed by atoms with Crippen LogP contribution in [0.4, 0.5) is 0 Å².